The molecular formula is C13H21N3O3S. The van der Waals surface area contributed by atoms with Crippen LogP contribution in [0.25, 0.3) is 0 Å². The first-order valence-electron chi connectivity index (χ1n) is 6.38. The summed E-state index contributed by atoms with van der Waals surface area (Å²) in [5.74, 6) is 0. The van der Waals surface area contributed by atoms with Gasteiger partial charge in [0.05, 0.1) is 6.54 Å². The van der Waals surface area contributed by atoms with E-state index in [1.807, 2.05) is 17.5 Å². The molecule has 0 aromatic carbocycles. The molecule has 0 radical (unpaired) electrons. The van der Waals surface area contributed by atoms with Crippen LogP contribution < -0.4 is 16.0 Å². The third-order valence-corrected chi connectivity index (χ3v) is 2.96. The van der Waals surface area contributed by atoms with Crippen LogP contribution in [-0.2, 0) is 11.3 Å². The van der Waals surface area contributed by atoms with E-state index in [0.717, 1.165) is 4.88 Å². The van der Waals surface area contributed by atoms with Gasteiger partial charge in [0.2, 0.25) is 0 Å². The van der Waals surface area contributed by atoms with Gasteiger partial charge < -0.3 is 20.7 Å². The van der Waals surface area contributed by atoms with Gasteiger partial charge in [-0.1, -0.05) is 6.07 Å². The highest BCUT2D eigenvalue weighted by atomic mass is 32.1. The van der Waals surface area contributed by atoms with Crippen LogP contribution in [0.2, 0.25) is 0 Å². The number of hydrogen-bond acceptors (Lipinski definition) is 4. The molecule has 6 nitrogen and oxygen atoms in total. The third kappa shape index (κ3) is 7.63. The summed E-state index contributed by atoms with van der Waals surface area (Å²) in [5.41, 5.74) is -0.518. The summed E-state index contributed by atoms with van der Waals surface area (Å²) in [7, 11) is 0. The molecule has 1 heterocycles. The number of alkyl carbamates (subject to hydrolysis) is 1. The number of ether oxygens (including phenoxy) is 1. The molecule has 0 atom stereocenters. The summed E-state index contributed by atoms with van der Waals surface area (Å²) >= 11 is 1.59. The quantitative estimate of drug-likeness (QED) is 0.728. The lowest BCUT2D eigenvalue weighted by Crippen LogP contribution is -2.41. The van der Waals surface area contributed by atoms with Crippen molar-refractivity contribution in [2.75, 3.05) is 13.1 Å². The number of nitrogens with one attached hydrogen (secondary N) is 3. The SMILES string of the molecule is CC(C)(C)OC(=O)NCCNC(=O)NCc1cccs1. The van der Waals surface area contributed by atoms with Crippen LogP contribution >= 0.6 is 11.3 Å². The Bertz CT molecular complexity index is 427. The first-order valence-corrected chi connectivity index (χ1v) is 7.26. The molecule has 3 amide bonds. The van der Waals surface area contributed by atoms with Gasteiger partial charge >= 0.3 is 12.1 Å². The van der Waals surface area contributed by atoms with E-state index in [-0.39, 0.29) is 6.03 Å². The lowest BCUT2D eigenvalue weighted by Gasteiger charge is -2.19. The Balaban J connectivity index is 2.06. The minimum absolute atomic E-state index is 0.260. The molecule has 0 aliphatic rings. The Labute approximate surface area is 122 Å². The van der Waals surface area contributed by atoms with Gasteiger partial charge in [0, 0.05) is 18.0 Å². The maximum Gasteiger partial charge on any atom is 0.407 e. The maximum absolute atomic E-state index is 11.5. The van der Waals surface area contributed by atoms with Crippen molar-refractivity contribution in [2.24, 2.45) is 0 Å². The highest BCUT2D eigenvalue weighted by Gasteiger charge is 2.15. The zero-order valence-electron chi connectivity index (χ0n) is 12.0. The average Bonchev–Trinajstić information content (AvgIpc) is 2.83. The number of carbonyl (C=O) groups is 2. The first-order chi connectivity index (χ1) is 9.37. The second-order valence-electron chi connectivity index (χ2n) is 5.12. The molecule has 7 heteroatoms. The number of thiophene rings is 1. The van der Waals surface area contributed by atoms with Crippen molar-refractivity contribution in [1.82, 2.24) is 16.0 Å². The van der Waals surface area contributed by atoms with Crippen molar-refractivity contribution in [3.63, 3.8) is 0 Å². The molecule has 3 N–H and O–H groups in total. The van der Waals surface area contributed by atoms with Crippen LogP contribution in [0, 0.1) is 0 Å². The molecule has 1 rings (SSSR count). The highest BCUT2D eigenvalue weighted by Crippen LogP contribution is 2.07. The predicted octanol–water partition coefficient (Wildman–Crippen LogP) is 2.07. The van der Waals surface area contributed by atoms with Crippen molar-refractivity contribution in [3.05, 3.63) is 22.4 Å². The van der Waals surface area contributed by atoms with Gasteiger partial charge in [0.25, 0.3) is 0 Å². The first kappa shape index (κ1) is 16.3. The Hall–Kier alpha value is -1.76. The van der Waals surface area contributed by atoms with Crippen LogP contribution in [0.15, 0.2) is 17.5 Å². The normalized spacial score (nSPS) is 10.8. The molecule has 0 saturated carbocycles. The van der Waals surface area contributed by atoms with E-state index in [9.17, 15) is 9.59 Å². The summed E-state index contributed by atoms with van der Waals surface area (Å²) in [6.45, 7) is 6.55. The Morgan fingerprint density at radius 3 is 2.50 bits per heavy atom. The minimum atomic E-state index is -0.518. The van der Waals surface area contributed by atoms with Crippen molar-refractivity contribution in [3.8, 4) is 0 Å². The highest BCUT2D eigenvalue weighted by molar-refractivity contribution is 7.09. The summed E-state index contributed by atoms with van der Waals surface area (Å²) in [6, 6.07) is 3.63. The Morgan fingerprint density at radius 2 is 1.90 bits per heavy atom. The zero-order chi connectivity index (χ0) is 15.0. The number of amides is 3. The van der Waals surface area contributed by atoms with E-state index in [1.165, 1.54) is 0 Å². The lowest BCUT2D eigenvalue weighted by molar-refractivity contribution is 0.0528. The third-order valence-electron chi connectivity index (χ3n) is 2.08. The number of carbonyl (C=O) groups excluding carboxylic acids is 2. The van der Waals surface area contributed by atoms with Gasteiger partial charge in [-0.3, -0.25) is 0 Å². The molecule has 1 aromatic heterocycles. The minimum Gasteiger partial charge on any atom is -0.444 e. The molecule has 20 heavy (non-hydrogen) atoms. The van der Waals surface area contributed by atoms with Crippen LogP contribution in [0.3, 0.4) is 0 Å². The van der Waals surface area contributed by atoms with Gasteiger partial charge in [-0.15, -0.1) is 11.3 Å². The second kappa shape index (κ2) is 7.74. The fraction of sp³-hybridized carbons (Fsp3) is 0.538. The van der Waals surface area contributed by atoms with E-state index >= 15 is 0 Å². The standard InChI is InChI=1S/C13H21N3O3S/c1-13(2,3)19-12(18)15-7-6-14-11(17)16-9-10-5-4-8-20-10/h4-5,8H,6-7,9H2,1-3H3,(H,15,18)(H2,14,16,17). The molecule has 0 fully saturated rings. The number of rotatable bonds is 5. The molecule has 0 saturated heterocycles. The van der Waals surface area contributed by atoms with E-state index in [1.54, 1.807) is 32.1 Å². The lowest BCUT2D eigenvalue weighted by atomic mass is 10.2. The summed E-state index contributed by atoms with van der Waals surface area (Å²) in [5, 5.41) is 9.90. The van der Waals surface area contributed by atoms with Gasteiger partial charge in [0.1, 0.15) is 5.60 Å². The molecule has 1 aromatic rings. The smallest absolute Gasteiger partial charge is 0.407 e. The molecular weight excluding hydrogens is 278 g/mol. The second-order valence-corrected chi connectivity index (χ2v) is 6.15. The maximum atomic E-state index is 11.5. The van der Waals surface area contributed by atoms with Gasteiger partial charge in [-0.2, -0.15) is 0 Å². The largest absolute Gasteiger partial charge is 0.444 e. The summed E-state index contributed by atoms with van der Waals surface area (Å²) < 4.78 is 5.06. The zero-order valence-corrected chi connectivity index (χ0v) is 12.8. The van der Waals surface area contributed by atoms with Gasteiger partial charge in [-0.25, -0.2) is 9.59 Å². The molecule has 0 aliphatic heterocycles. The van der Waals surface area contributed by atoms with Crippen LogP contribution in [0.1, 0.15) is 25.6 Å². The van der Waals surface area contributed by atoms with E-state index in [4.69, 9.17) is 4.74 Å². The monoisotopic (exact) mass is 299 g/mol. The Morgan fingerprint density at radius 1 is 1.20 bits per heavy atom. The van der Waals surface area contributed by atoms with Crippen LogP contribution in [0.5, 0.6) is 0 Å². The fourth-order valence-electron chi connectivity index (χ4n) is 1.30. The molecule has 0 unspecified atom stereocenters. The molecule has 0 spiro atoms. The van der Waals surface area contributed by atoms with E-state index in [2.05, 4.69) is 16.0 Å². The summed E-state index contributed by atoms with van der Waals surface area (Å²) in [4.78, 5) is 23.9. The topological polar surface area (TPSA) is 79.5 Å². The molecule has 0 bridgehead atoms. The van der Waals surface area contributed by atoms with Crippen LogP contribution in [-0.4, -0.2) is 30.8 Å². The number of hydrogen-bond donors (Lipinski definition) is 3. The number of urea groups is 1. The average molecular weight is 299 g/mol. The van der Waals surface area contributed by atoms with Crippen molar-refractivity contribution in [1.29, 1.82) is 0 Å². The van der Waals surface area contributed by atoms with Crippen molar-refractivity contribution < 1.29 is 14.3 Å². The van der Waals surface area contributed by atoms with Gasteiger partial charge in [-0.05, 0) is 32.2 Å². The van der Waals surface area contributed by atoms with Crippen LogP contribution in [0.4, 0.5) is 9.59 Å². The molecule has 112 valence electrons. The van der Waals surface area contributed by atoms with E-state index in [0.29, 0.717) is 19.6 Å². The van der Waals surface area contributed by atoms with Crippen molar-refractivity contribution >= 4 is 23.5 Å². The predicted molar refractivity (Wildman–Crippen MR) is 78.8 cm³/mol. The van der Waals surface area contributed by atoms with Crippen molar-refractivity contribution in [2.45, 2.75) is 32.9 Å². The fourth-order valence-corrected chi connectivity index (χ4v) is 1.94. The Kier molecular flexibility index (Phi) is 6.30. The summed E-state index contributed by atoms with van der Waals surface area (Å²) in [6.07, 6.45) is -0.488. The van der Waals surface area contributed by atoms with Gasteiger partial charge in [0.15, 0.2) is 0 Å². The van der Waals surface area contributed by atoms with E-state index < -0.39 is 11.7 Å². The molecule has 0 aliphatic carbocycles.